The summed E-state index contributed by atoms with van der Waals surface area (Å²) in [6.45, 7) is 3.87. The van der Waals surface area contributed by atoms with E-state index in [0.29, 0.717) is 0 Å². The van der Waals surface area contributed by atoms with Gasteiger partial charge in [0.2, 0.25) is 0 Å². The van der Waals surface area contributed by atoms with E-state index in [2.05, 4.69) is 6.92 Å². The molecule has 0 N–H and O–H groups in total. The number of hydrogen-bond acceptors (Lipinski definition) is 4. The number of carbonyl (C=O) groups is 2. The van der Waals surface area contributed by atoms with Gasteiger partial charge in [0.25, 0.3) is 0 Å². The van der Waals surface area contributed by atoms with E-state index in [0.717, 1.165) is 31.4 Å². The van der Waals surface area contributed by atoms with Crippen LogP contribution in [0.5, 0.6) is 0 Å². The SMILES string of the molecule is CCCCCCCCCCCCOC(=O)c1ccccc1C(=O)OC(C)c1c(F)cccc1F. The molecule has 0 spiro atoms. The quantitative estimate of drug-likeness (QED) is 0.194. The Kier molecular flexibility index (Phi) is 12.3. The van der Waals surface area contributed by atoms with Gasteiger partial charge in [-0.25, -0.2) is 18.4 Å². The van der Waals surface area contributed by atoms with E-state index in [9.17, 15) is 18.4 Å². The van der Waals surface area contributed by atoms with E-state index < -0.39 is 29.7 Å². The predicted molar refractivity (Wildman–Crippen MR) is 129 cm³/mol. The monoisotopic (exact) mass is 474 g/mol. The standard InChI is InChI=1S/C28H36F2O4/c1-3-4-5-6-7-8-9-10-11-14-20-33-27(31)22-16-12-13-17-23(22)28(32)34-21(2)26-24(29)18-15-19-25(26)30/h12-13,15-19,21H,3-11,14,20H2,1-2H3. The highest BCUT2D eigenvalue weighted by atomic mass is 19.1. The normalized spacial score (nSPS) is 11.8. The second-order valence-corrected chi connectivity index (χ2v) is 8.55. The molecule has 0 fully saturated rings. The molecule has 2 aromatic carbocycles. The van der Waals surface area contributed by atoms with Crippen LogP contribution in [0.2, 0.25) is 0 Å². The zero-order chi connectivity index (χ0) is 24.8. The Labute approximate surface area is 201 Å². The Balaban J connectivity index is 1.79. The third-order valence-corrected chi connectivity index (χ3v) is 5.79. The highest BCUT2D eigenvalue weighted by Crippen LogP contribution is 2.25. The first-order chi connectivity index (χ1) is 16.5. The molecule has 0 heterocycles. The first-order valence-electron chi connectivity index (χ1n) is 12.4. The summed E-state index contributed by atoms with van der Waals surface area (Å²) in [5.41, 5.74) is -0.267. The summed E-state index contributed by atoms with van der Waals surface area (Å²) in [6, 6.07) is 9.56. The minimum atomic E-state index is -1.16. The van der Waals surface area contributed by atoms with E-state index in [1.165, 1.54) is 70.1 Å². The van der Waals surface area contributed by atoms with Crippen molar-refractivity contribution in [1.82, 2.24) is 0 Å². The van der Waals surface area contributed by atoms with E-state index in [-0.39, 0.29) is 23.3 Å². The van der Waals surface area contributed by atoms with Gasteiger partial charge in [-0.3, -0.25) is 0 Å². The van der Waals surface area contributed by atoms with Crippen LogP contribution in [-0.2, 0) is 9.47 Å². The lowest BCUT2D eigenvalue weighted by Crippen LogP contribution is -2.17. The first kappa shape index (κ1) is 27.5. The molecule has 4 nitrogen and oxygen atoms in total. The average Bonchev–Trinajstić information content (AvgIpc) is 2.82. The van der Waals surface area contributed by atoms with Gasteiger partial charge in [-0.1, -0.05) is 82.9 Å². The summed E-state index contributed by atoms with van der Waals surface area (Å²) in [4.78, 5) is 25.2. The van der Waals surface area contributed by atoms with Crippen molar-refractivity contribution in [2.75, 3.05) is 6.61 Å². The third-order valence-electron chi connectivity index (χ3n) is 5.79. The Morgan fingerprint density at radius 3 is 1.79 bits per heavy atom. The van der Waals surface area contributed by atoms with Gasteiger partial charge >= 0.3 is 11.9 Å². The van der Waals surface area contributed by atoms with Crippen molar-refractivity contribution in [1.29, 1.82) is 0 Å². The molecule has 6 heteroatoms. The molecule has 1 atom stereocenters. The lowest BCUT2D eigenvalue weighted by molar-refractivity contribution is 0.0311. The topological polar surface area (TPSA) is 52.6 Å². The van der Waals surface area contributed by atoms with Crippen LogP contribution in [0.15, 0.2) is 42.5 Å². The van der Waals surface area contributed by atoms with Crippen molar-refractivity contribution in [2.45, 2.75) is 84.2 Å². The smallest absolute Gasteiger partial charge is 0.339 e. The maximum atomic E-state index is 14.0. The van der Waals surface area contributed by atoms with Crippen LogP contribution in [0.4, 0.5) is 8.78 Å². The van der Waals surface area contributed by atoms with Crippen molar-refractivity contribution in [3.8, 4) is 0 Å². The molecule has 0 aliphatic carbocycles. The summed E-state index contributed by atoms with van der Waals surface area (Å²) in [5, 5.41) is 0. The van der Waals surface area contributed by atoms with Gasteiger partial charge in [0.1, 0.15) is 17.7 Å². The molecule has 0 radical (unpaired) electrons. The Morgan fingerprint density at radius 2 is 1.24 bits per heavy atom. The summed E-state index contributed by atoms with van der Waals surface area (Å²) in [6.07, 6.45) is 10.6. The number of hydrogen-bond donors (Lipinski definition) is 0. The molecule has 186 valence electrons. The molecule has 0 aliphatic heterocycles. The number of benzene rings is 2. The molecule has 0 aliphatic rings. The van der Waals surface area contributed by atoms with Crippen LogP contribution < -0.4 is 0 Å². The number of esters is 2. The van der Waals surface area contributed by atoms with Crippen LogP contribution in [-0.4, -0.2) is 18.5 Å². The molecule has 0 bridgehead atoms. The molecule has 0 aromatic heterocycles. The number of carbonyl (C=O) groups excluding carboxylic acids is 2. The first-order valence-corrected chi connectivity index (χ1v) is 12.4. The van der Waals surface area contributed by atoms with Gasteiger partial charge in [0.15, 0.2) is 0 Å². The molecule has 0 saturated heterocycles. The van der Waals surface area contributed by atoms with E-state index in [4.69, 9.17) is 9.47 Å². The molecule has 0 saturated carbocycles. The molecular formula is C28H36F2O4. The number of halogens is 2. The Hall–Kier alpha value is -2.76. The lowest BCUT2D eigenvalue weighted by atomic mass is 10.1. The second-order valence-electron chi connectivity index (χ2n) is 8.55. The number of unbranched alkanes of at least 4 members (excludes halogenated alkanes) is 9. The maximum absolute atomic E-state index is 14.0. The number of ether oxygens (including phenoxy) is 2. The van der Waals surface area contributed by atoms with Crippen molar-refractivity contribution >= 4 is 11.9 Å². The van der Waals surface area contributed by atoms with Crippen LogP contribution >= 0.6 is 0 Å². The molecule has 1 unspecified atom stereocenters. The fraction of sp³-hybridized carbons (Fsp3) is 0.500. The zero-order valence-electron chi connectivity index (χ0n) is 20.3. The predicted octanol–water partition coefficient (Wildman–Crippen LogP) is 7.96. The van der Waals surface area contributed by atoms with Gasteiger partial charge in [0.05, 0.1) is 23.3 Å². The largest absolute Gasteiger partial charge is 0.462 e. The van der Waals surface area contributed by atoms with Crippen molar-refractivity contribution in [3.63, 3.8) is 0 Å². The van der Waals surface area contributed by atoms with Crippen molar-refractivity contribution in [2.24, 2.45) is 0 Å². The van der Waals surface area contributed by atoms with Gasteiger partial charge in [-0.05, 0) is 37.6 Å². The highest BCUT2D eigenvalue weighted by molar-refractivity contribution is 6.03. The van der Waals surface area contributed by atoms with Gasteiger partial charge < -0.3 is 9.47 Å². The van der Waals surface area contributed by atoms with Crippen LogP contribution in [0.25, 0.3) is 0 Å². The molecule has 2 aromatic rings. The van der Waals surface area contributed by atoms with Crippen LogP contribution in [0, 0.1) is 11.6 Å². The second kappa shape index (κ2) is 15.2. The summed E-state index contributed by atoms with van der Waals surface area (Å²) in [5.74, 6) is -3.07. The number of rotatable bonds is 15. The van der Waals surface area contributed by atoms with Gasteiger partial charge in [-0.2, -0.15) is 0 Å². The fourth-order valence-electron chi connectivity index (χ4n) is 3.85. The van der Waals surface area contributed by atoms with E-state index in [1.807, 2.05) is 0 Å². The third kappa shape index (κ3) is 8.88. The maximum Gasteiger partial charge on any atom is 0.339 e. The van der Waals surface area contributed by atoms with Crippen LogP contribution in [0.1, 0.15) is 110 Å². The fourth-order valence-corrected chi connectivity index (χ4v) is 3.85. The molecule has 34 heavy (non-hydrogen) atoms. The Morgan fingerprint density at radius 1 is 0.735 bits per heavy atom. The van der Waals surface area contributed by atoms with E-state index in [1.54, 1.807) is 12.1 Å². The summed E-state index contributed by atoms with van der Waals surface area (Å²) < 4.78 is 38.6. The molecule has 2 rings (SSSR count). The summed E-state index contributed by atoms with van der Waals surface area (Å²) in [7, 11) is 0. The van der Waals surface area contributed by atoms with Crippen molar-refractivity contribution < 1.29 is 27.8 Å². The summed E-state index contributed by atoms with van der Waals surface area (Å²) >= 11 is 0. The van der Waals surface area contributed by atoms with Crippen molar-refractivity contribution in [3.05, 3.63) is 70.8 Å². The van der Waals surface area contributed by atoms with Crippen LogP contribution in [0.3, 0.4) is 0 Å². The lowest BCUT2D eigenvalue weighted by Gasteiger charge is -2.16. The van der Waals surface area contributed by atoms with Gasteiger partial charge in [-0.15, -0.1) is 0 Å². The minimum Gasteiger partial charge on any atom is -0.462 e. The highest BCUT2D eigenvalue weighted by Gasteiger charge is 2.24. The molecule has 0 amide bonds. The zero-order valence-corrected chi connectivity index (χ0v) is 20.3. The Bertz CT molecular complexity index is 893. The van der Waals surface area contributed by atoms with E-state index >= 15 is 0 Å². The molecular weight excluding hydrogens is 438 g/mol. The van der Waals surface area contributed by atoms with Gasteiger partial charge in [0, 0.05) is 0 Å². The minimum absolute atomic E-state index is 0.000768. The average molecular weight is 475 g/mol.